The van der Waals surface area contributed by atoms with Gasteiger partial charge in [-0.05, 0) is 76.6 Å². The minimum atomic E-state index is -0.452. The Bertz CT molecular complexity index is 796. The van der Waals surface area contributed by atoms with Crippen molar-refractivity contribution in [3.05, 3.63) is 47.5 Å². The van der Waals surface area contributed by atoms with E-state index in [0.29, 0.717) is 0 Å². The summed E-state index contributed by atoms with van der Waals surface area (Å²) in [5.74, 6) is 2.69. The van der Waals surface area contributed by atoms with E-state index in [9.17, 15) is 0 Å². The third-order valence-corrected chi connectivity index (χ3v) is 6.30. The van der Waals surface area contributed by atoms with E-state index in [4.69, 9.17) is 14.0 Å². The van der Waals surface area contributed by atoms with E-state index in [0.717, 1.165) is 33.8 Å². The molecule has 0 unspecified atom stereocenters. The molecule has 144 valence electrons. The Morgan fingerprint density at radius 1 is 0.963 bits per heavy atom. The number of rotatable bonds is 5. The van der Waals surface area contributed by atoms with Gasteiger partial charge in [0.05, 0.1) is 11.2 Å². The first-order valence-corrected chi connectivity index (χ1v) is 10.5. The summed E-state index contributed by atoms with van der Waals surface area (Å²) in [5.41, 5.74) is 2.39. The molecule has 3 rings (SSSR count). The van der Waals surface area contributed by atoms with E-state index < -0.39 is 7.12 Å². The van der Waals surface area contributed by atoms with Gasteiger partial charge in [-0.25, -0.2) is 0 Å². The maximum Gasteiger partial charge on any atom is 0.498 e. The molecule has 1 fully saturated rings. The smallest absolute Gasteiger partial charge is 0.457 e. The average molecular weight is 384 g/mol. The number of ether oxygens (including phenoxy) is 1. The summed E-state index contributed by atoms with van der Waals surface area (Å²) in [6.45, 7) is 14.6. The van der Waals surface area contributed by atoms with Crippen molar-refractivity contribution in [1.29, 1.82) is 0 Å². The Labute approximate surface area is 167 Å². The van der Waals surface area contributed by atoms with Crippen LogP contribution >= 0.6 is 11.8 Å². The molecule has 1 heterocycles. The van der Waals surface area contributed by atoms with Gasteiger partial charge in [0.1, 0.15) is 11.5 Å². The lowest BCUT2D eigenvalue weighted by molar-refractivity contribution is 0.00578. The van der Waals surface area contributed by atoms with E-state index in [1.165, 1.54) is 4.90 Å². The molecule has 0 N–H and O–H groups in total. The standard InChI is InChI=1S/C22H29BO3S/c1-8-27-17-12-13-19(24-20-15(2)10-9-11-16(20)3)18(14-17)23-25-21(4,5)22(6,7)26-23/h9-14H,8H2,1-7H3. The number of thioether (sulfide) groups is 1. The van der Waals surface area contributed by atoms with Crippen LogP contribution < -0.4 is 10.2 Å². The van der Waals surface area contributed by atoms with Crippen LogP contribution in [0.2, 0.25) is 0 Å². The third-order valence-electron chi connectivity index (χ3n) is 5.42. The summed E-state index contributed by atoms with van der Waals surface area (Å²) in [5, 5.41) is 0. The van der Waals surface area contributed by atoms with Gasteiger partial charge in [0.2, 0.25) is 0 Å². The normalized spacial score (nSPS) is 18.0. The topological polar surface area (TPSA) is 27.7 Å². The fraction of sp³-hybridized carbons (Fsp3) is 0.455. The van der Waals surface area contributed by atoms with Crippen LogP contribution in [0, 0.1) is 13.8 Å². The van der Waals surface area contributed by atoms with E-state index in [1.807, 2.05) is 12.1 Å². The molecule has 0 amide bonds. The van der Waals surface area contributed by atoms with Crippen molar-refractivity contribution in [3.63, 3.8) is 0 Å². The monoisotopic (exact) mass is 384 g/mol. The molecule has 0 spiro atoms. The molecule has 2 aromatic carbocycles. The van der Waals surface area contributed by atoms with Gasteiger partial charge in [0.15, 0.2) is 0 Å². The van der Waals surface area contributed by atoms with Gasteiger partial charge in [0, 0.05) is 10.4 Å². The van der Waals surface area contributed by atoms with Crippen LogP contribution in [-0.2, 0) is 9.31 Å². The molecular formula is C22H29BO3S. The Balaban J connectivity index is 2.02. The fourth-order valence-corrected chi connectivity index (χ4v) is 3.81. The van der Waals surface area contributed by atoms with Crippen LogP contribution in [0.5, 0.6) is 11.5 Å². The molecule has 1 saturated heterocycles. The van der Waals surface area contributed by atoms with Crippen molar-refractivity contribution < 1.29 is 14.0 Å². The molecular weight excluding hydrogens is 355 g/mol. The SMILES string of the molecule is CCSc1ccc(Oc2c(C)cccc2C)c(B2OC(C)(C)C(C)(C)O2)c1. The lowest BCUT2D eigenvalue weighted by atomic mass is 9.78. The Morgan fingerprint density at radius 2 is 1.56 bits per heavy atom. The van der Waals surface area contributed by atoms with Gasteiger partial charge in [-0.1, -0.05) is 25.1 Å². The van der Waals surface area contributed by atoms with Gasteiger partial charge in [-0.3, -0.25) is 0 Å². The van der Waals surface area contributed by atoms with E-state index in [1.54, 1.807) is 11.8 Å². The van der Waals surface area contributed by atoms with Crippen molar-refractivity contribution >= 4 is 24.3 Å². The fourth-order valence-electron chi connectivity index (χ4n) is 3.10. The molecule has 27 heavy (non-hydrogen) atoms. The highest BCUT2D eigenvalue weighted by Crippen LogP contribution is 2.38. The molecule has 0 bridgehead atoms. The molecule has 0 atom stereocenters. The quantitative estimate of drug-likeness (QED) is 0.502. The van der Waals surface area contributed by atoms with Crippen molar-refractivity contribution in [2.45, 2.75) is 64.6 Å². The largest absolute Gasteiger partial charge is 0.498 e. The molecule has 3 nitrogen and oxygen atoms in total. The molecule has 1 aliphatic rings. The minimum Gasteiger partial charge on any atom is -0.457 e. The van der Waals surface area contributed by atoms with Gasteiger partial charge in [-0.2, -0.15) is 0 Å². The summed E-state index contributed by atoms with van der Waals surface area (Å²) in [4.78, 5) is 1.19. The van der Waals surface area contributed by atoms with Crippen LogP contribution in [0.3, 0.4) is 0 Å². The first-order valence-electron chi connectivity index (χ1n) is 9.51. The zero-order valence-electron chi connectivity index (χ0n) is 17.4. The van der Waals surface area contributed by atoms with Crippen LogP contribution in [0.25, 0.3) is 0 Å². The molecule has 1 aliphatic heterocycles. The summed E-state index contributed by atoms with van der Waals surface area (Å²) in [6.07, 6.45) is 0. The second-order valence-corrected chi connectivity index (χ2v) is 9.38. The predicted octanol–water partition coefficient (Wildman–Crippen LogP) is 5.51. The number of aryl methyl sites for hydroxylation is 2. The van der Waals surface area contributed by atoms with Crippen molar-refractivity contribution in [3.8, 4) is 11.5 Å². The zero-order valence-corrected chi connectivity index (χ0v) is 18.2. The van der Waals surface area contributed by atoms with Gasteiger partial charge >= 0.3 is 7.12 Å². The van der Waals surface area contributed by atoms with Gasteiger partial charge in [0.25, 0.3) is 0 Å². The van der Waals surface area contributed by atoms with E-state index in [2.05, 4.69) is 72.7 Å². The molecule has 0 aromatic heterocycles. The zero-order chi connectivity index (χ0) is 19.8. The van der Waals surface area contributed by atoms with Gasteiger partial charge in [-0.15, -0.1) is 11.8 Å². The lowest BCUT2D eigenvalue weighted by Gasteiger charge is -2.32. The molecule has 0 aliphatic carbocycles. The van der Waals surface area contributed by atoms with Crippen LogP contribution in [0.15, 0.2) is 41.3 Å². The van der Waals surface area contributed by atoms with Crippen molar-refractivity contribution in [2.24, 2.45) is 0 Å². The maximum atomic E-state index is 6.38. The average Bonchev–Trinajstić information content (AvgIpc) is 2.80. The molecule has 2 aromatic rings. The third kappa shape index (κ3) is 4.05. The number of hydrogen-bond acceptors (Lipinski definition) is 4. The Hall–Kier alpha value is -1.43. The first-order chi connectivity index (χ1) is 12.6. The second kappa shape index (κ2) is 7.54. The highest BCUT2D eigenvalue weighted by molar-refractivity contribution is 7.99. The minimum absolute atomic E-state index is 0.387. The highest BCUT2D eigenvalue weighted by Gasteiger charge is 2.52. The number of para-hydroxylation sites is 1. The Kier molecular flexibility index (Phi) is 5.67. The van der Waals surface area contributed by atoms with E-state index in [-0.39, 0.29) is 11.2 Å². The van der Waals surface area contributed by atoms with Crippen molar-refractivity contribution in [2.75, 3.05) is 5.75 Å². The molecule has 0 radical (unpaired) electrons. The molecule has 0 saturated carbocycles. The number of hydrogen-bond donors (Lipinski definition) is 0. The molecule has 5 heteroatoms. The first kappa shape index (κ1) is 20.3. The summed E-state index contributed by atoms with van der Waals surface area (Å²) in [7, 11) is -0.452. The summed E-state index contributed by atoms with van der Waals surface area (Å²) in [6, 6.07) is 12.5. The maximum absolute atomic E-state index is 6.38. The van der Waals surface area contributed by atoms with Gasteiger partial charge < -0.3 is 14.0 Å². The summed E-state index contributed by atoms with van der Waals surface area (Å²) >= 11 is 1.80. The van der Waals surface area contributed by atoms with Crippen LogP contribution in [-0.4, -0.2) is 24.1 Å². The van der Waals surface area contributed by atoms with Crippen LogP contribution in [0.1, 0.15) is 45.7 Å². The Morgan fingerprint density at radius 3 is 2.11 bits per heavy atom. The van der Waals surface area contributed by atoms with Crippen molar-refractivity contribution in [1.82, 2.24) is 0 Å². The second-order valence-electron chi connectivity index (χ2n) is 8.04. The summed E-state index contributed by atoms with van der Waals surface area (Å²) < 4.78 is 19.0. The van der Waals surface area contributed by atoms with E-state index >= 15 is 0 Å². The lowest BCUT2D eigenvalue weighted by Crippen LogP contribution is -2.41. The highest BCUT2D eigenvalue weighted by atomic mass is 32.2. The number of benzene rings is 2. The van der Waals surface area contributed by atoms with Crippen LogP contribution in [0.4, 0.5) is 0 Å². The predicted molar refractivity (Wildman–Crippen MR) is 115 cm³/mol.